The summed E-state index contributed by atoms with van der Waals surface area (Å²) >= 11 is 0. The van der Waals surface area contributed by atoms with Crippen molar-refractivity contribution in [1.29, 1.82) is 0 Å². The van der Waals surface area contributed by atoms with E-state index in [0.717, 1.165) is 51.1 Å². The summed E-state index contributed by atoms with van der Waals surface area (Å²) in [4.78, 5) is 32.8. The number of carbonyl (C=O) groups is 2. The molecule has 1 N–H and O–H groups in total. The van der Waals surface area contributed by atoms with Gasteiger partial charge in [0.25, 0.3) is 5.91 Å². The van der Waals surface area contributed by atoms with E-state index in [-0.39, 0.29) is 23.9 Å². The van der Waals surface area contributed by atoms with E-state index in [1.165, 1.54) is 0 Å². The second-order valence-electron chi connectivity index (χ2n) is 8.62. The van der Waals surface area contributed by atoms with Gasteiger partial charge in [0, 0.05) is 50.9 Å². The van der Waals surface area contributed by atoms with Crippen molar-refractivity contribution in [2.45, 2.75) is 24.9 Å². The van der Waals surface area contributed by atoms with Crippen molar-refractivity contribution in [1.82, 2.24) is 20.0 Å². The Bertz CT molecular complexity index is 866. The Kier molecular flexibility index (Phi) is 6.99. The number of piperidine rings is 1. The Morgan fingerprint density at radius 1 is 0.903 bits per heavy atom. The van der Waals surface area contributed by atoms with Crippen LogP contribution in [0.15, 0.2) is 60.7 Å². The Balaban J connectivity index is 1.44. The molecule has 0 radical (unpaired) electrons. The molecule has 2 aliphatic heterocycles. The molecule has 0 saturated carbocycles. The van der Waals surface area contributed by atoms with Gasteiger partial charge in [-0.05, 0) is 37.6 Å². The maximum absolute atomic E-state index is 13.5. The highest BCUT2D eigenvalue weighted by molar-refractivity contribution is 5.94. The number of nitrogens with zero attached hydrogens (tertiary/aromatic N) is 3. The second-order valence-corrected chi connectivity index (χ2v) is 8.62. The average molecular weight is 421 g/mol. The van der Waals surface area contributed by atoms with E-state index in [4.69, 9.17) is 0 Å². The van der Waals surface area contributed by atoms with Crippen molar-refractivity contribution in [2.24, 2.45) is 0 Å². The molecule has 2 amide bonds. The summed E-state index contributed by atoms with van der Waals surface area (Å²) in [5.41, 5.74) is 1.73. The molecule has 2 aliphatic rings. The minimum atomic E-state index is -0.296. The van der Waals surface area contributed by atoms with Crippen LogP contribution in [0.2, 0.25) is 0 Å². The van der Waals surface area contributed by atoms with Crippen molar-refractivity contribution >= 4 is 11.8 Å². The van der Waals surface area contributed by atoms with Gasteiger partial charge in [-0.3, -0.25) is 14.5 Å². The van der Waals surface area contributed by atoms with Gasteiger partial charge in [0.2, 0.25) is 5.91 Å². The quantitative estimate of drug-likeness (QED) is 0.807. The highest BCUT2D eigenvalue weighted by atomic mass is 16.2. The third kappa shape index (κ3) is 5.32. The molecule has 0 aliphatic carbocycles. The summed E-state index contributed by atoms with van der Waals surface area (Å²) in [7, 11) is 2.12. The third-order valence-corrected chi connectivity index (χ3v) is 6.34. The van der Waals surface area contributed by atoms with E-state index in [1.54, 1.807) is 0 Å². The number of rotatable bonds is 5. The fourth-order valence-corrected chi connectivity index (χ4v) is 4.57. The molecular weight excluding hydrogens is 388 g/mol. The van der Waals surface area contributed by atoms with Crippen molar-refractivity contribution < 1.29 is 9.59 Å². The van der Waals surface area contributed by atoms with Gasteiger partial charge < -0.3 is 15.1 Å². The zero-order chi connectivity index (χ0) is 21.6. The highest BCUT2D eigenvalue weighted by Crippen LogP contribution is 2.23. The maximum Gasteiger partial charge on any atom is 0.253 e. The molecule has 2 unspecified atom stereocenters. The molecule has 2 atom stereocenters. The highest BCUT2D eigenvalue weighted by Gasteiger charge is 2.32. The van der Waals surface area contributed by atoms with Crippen LogP contribution in [0.1, 0.15) is 34.8 Å². The summed E-state index contributed by atoms with van der Waals surface area (Å²) < 4.78 is 0. The van der Waals surface area contributed by atoms with E-state index in [0.29, 0.717) is 12.1 Å². The number of carbonyl (C=O) groups excluding carboxylic acids is 2. The zero-order valence-corrected chi connectivity index (χ0v) is 18.2. The Labute approximate surface area is 184 Å². The van der Waals surface area contributed by atoms with Crippen molar-refractivity contribution in [2.75, 3.05) is 46.3 Å². The molecule has 6 nitrogen and oxygen atoms in total. The Morgan fingerprint density at radius 2 is 1.55 bits per heavy atom. The second kappa shape index (κ2) is 10.1. The number of benzene rings is 2. The van der Waals surface area contributed by atoms with Crippen LogP contribution >= 0.6 is 0 Å². The van der Waals surface area contributed by atoms with Gasteiger partial charge in [-0.1, -0.05) is 48.5 Å². The van der Waals surface area contributed by atoms with E-state index >= 15 is 0 Å². The third-order valence-electron chi connectivity index (χ3n) is 6.34. The van der Waals surface area contributed by atoms with Gasteiger partial charge >= 0.3 is 0 Å². The lowest BCUT2D eigenvalue weighted by Crippen LogP contribution is -2.54. The first-order chi connectivity index (χ1) is 15.1. The molecule has 2 saturated heterocycles. The van der Waals surface area contributed by atoms with E-state index < -0.39 is 0 Å². The lowest BCUT2D eigenvalue weighted by atomic mass is 10.0. The fourth-order valence-electron chi connectivity index (χ4n) is 4.57. The van der Waals surface area contributed by atoms with Crippen molar-refractivity contribution in [3.63, 3.8) is 0 Å². The molecule has 0 bridgehead atoms. The fraction of sp³-hybridized carbons (Fsp3) is 0.440. The van der Waals surface area contributed by atoms with Gasteiger partial charge in [-0.15, -0.1) is 0 Å². The lowest BCUT2D eigenvalue weighted by molar-refractivity contribution is -0.128. The van der Waals surface area contributed by atoms with Crippen LogP contribution in [0.4, 0.5) is 0 Å². The minimum absolute atomic E-state index is 0.0208. The van der Waals surface area contributed by atoms with Crippen LogP contribution in [-0.4, -0.2) is 78.9 Å². The maximum atomic E-state index is 13.5. The molecule has 6 heteroatoms. The molecular formula is C25H32N4O2. The minimum Gasteiger partial charge on any atom is -0.350 e. The summed E-state index contributed by atoms with van der Waals surface area (Å²) in [5, 5.41) is 3.27. The summed E-state index contributed by atoms with van der Waals surface area (Å²) in [5.74, 6) is 0.0768. The molecule has 31 heavy (non-hydrogen) atoms. The van der Waals surface area contributed by atoms with Crippen LogP contribution < -0.4 is 5.32 Å². The van der Waals surface area contributed by atoms with Crippen LogP contribution in [0, 0.1) is 0 Å². The Hall–Kier alpha value is -2.70. The molecule has 2 heterocycles. The first-order valence-electron chi connectivity index (χ1n) is 11.2. The predicted octanol–water partition coefficient (Wildman–Crippen LogP) is 2.40. The van der Waals surface area contributed by atoms with E-state index in [1.807, 2.05) is 65.6 Å². The van der Waals surface area contributed by atoms with E-state index in [2.05, 4.69) is 22.2 Å². The number of hydrogen-bond donors (Lipinski definition) is 1. The van der Waals surface area contributed by atoms with Crippen LogP contribution in [-0.2, 0) is 4.79 Å². The largest absolute Gasteiger partial charge is 0.350 e. The van der Waals surface area contributed by atoms with Crippen LogP contribution in [0.3, 0.4) is 0 Å². The molecule has 2 aromatic rings. The molecule has 0 aromatic heterocycles. The van der Waals surface area contributed by atoms with Gasteiger partial charge in [0.05, 0.1) is 0 Å². The number of amides is 2. The molecule has 2 fully saturated rings. The number of hydrogen-bond acceptors (Lipinski definition) is 4. The van der Waals surface area contributed by atoms with Crippen LogP contribution in [0.25, 0.3) is 0 Å². The van der Waals surface area contributed by atoms with Gasteiger partial charge in [0.15, 0.2) is 0 Å². The van der Waals surface area contributed by atoms with Gasteiger partial charge in [-0.25, -0.2) is 0 Å². The predicted molar refractivity (Wildman–Crippen MR) is 122 cm³/mol. The normalized spacial score (nSPS) is 21.5. The summed E-state index contributed by atoms with van der Waals surface area (Å²) in [6.07, 6.45) is 1.79. The number of likely N-dealkylation sites (tertiary alicyclic amines) is 1. The smallest absolute Gasteiger partial charge is 0.253 e. The molecule has 0 spiro atoms. The standard InChI is InChI=1S/C25H32N4O2/c1-27-15-17-28(18-16-27)23(20-9-4-2-5-10-20)24(30)26-22-13-8-14-29(19-22)25(31)21-11-6-3-7-12-21/h2-7,9-12,22-23H,8,13-19H2,1H3,(H,26,30). The number of nitrogens with one attached hydrogen (secondary N) is 1. The topological polar surface area (TPSA) is 55.9 Å². The summed E-state index contributed by atoms with van der Waals surface area (Å²) in [6, 6.07) is 19.1. The first kappa shape index (κ1) is 21.5. The number of piperazine rings is 1. The Morgan fingerprint density at radius 3 is 2.23 bits per heavy atom. The molecule has 2 aromatic carbocycles. The first-order valence-corrected chi connectivity index (χ1v) is 11.2. The van der Waals surface area contributed by atoms with Gasteiger partial charge in [0.1, 0.15) is 6.04 Å². The zero-order valence-electron chi connectivity index (χ0n) is 18.2. The average Bonchev–Trinajstić information content (AvgIpc) is 2.81. The number of likely N-dealkylation sites (N-methyl/N-ethyl adjacent to an activating group) is 1. The molecule has 164 valence electrons. The monoisotopic (exact) mass is 420 g/mol. The van der Waals surface area contributed by atoms with Crippen molar-refractivity contribution in [3.05, 3.63) is 71.8 Å². The van der Waals surface area contributed by atoms with E-state index in [9.17, 15) is 9.59 Å². The van der Waals surface area contributed by atoms with Crippen LogP contribution in [0.5, 0.6) is 0 Å². The van der Waals surface area contributed by atoms with Crippen molar-refractivity contribution in [3.8, 4) is 0 Å². The SMILES string of the molecule is CN1CCN(C(C(=O)NC2CCCN(C(=O)c3ccccc3)C2)c2ccccc2)CC1. The molecule has 4 rings (SSSR count). The lowest BCUT2D eigenvalue weighted by Gasteiger charge is -2.39. The van der Waals surface area contributed by atoms with Gasteiger partial charge in [-0.2, -0.15) is 0 Å². The summed E-state index contributed by atoms with van der Waals surface area (Å²) in [6.45, 7) is 4.95.